The molecule has 1 amide bonds. The van der Waals surface area contributed by atoms with Crippen LogP contribution in [0.2, 0.25) is 0 Å². The Morgan fingerprint density at radius 3 is 2.60 bits per heavy atom. The maximum absolute atomic E-state index is 12.6. The van der Waals surface area contributed by atoms with Gasteiger partial charge in [0.2, 0.25) is 15.9 Å². The molecule has 0 atom stereocenters. The first-order valence-electron chi connectivity index (χ1n) is 9.38. The van der Waals surface area contributed by atoms with Crippen molar-refractivity contribution in [2.24, 2.45) is 5.92 Å². The van der Waals surface area contributed by atoms with Crippen LogP contribution in [0.15, 0.2) is 23.1 Å². The van der Waals surface area contributed by atoms with Gasteiger partial charge >= 0.3 is 0 Å². The van der Waals surface area contributed by atoms with Gasteiger partial charge in [-0.1, -0.05) is 25.7 Å². The van der Waals surface area contributed by atoms with Crippen LogP contribution in [0, 0.1) is 12.8 Å². The standard InChI is InChI=1S/C19H28N2O3S/c1-15-14-17(21-13-5-9-19(21)22)10-11-18(15)25(23,24)20-12-4-8-16-6-2-3-7-16/h10-11,14,16,20H,2-9,12-13H2,1H3. The van der Waals surface area contributed by atoms with Crippen molar-refractivity contribution in [2.75, 3.05) is 18.0 Å². The summed E-state index contributed by atoms with van der Waals surface area (Å²) in [6, 6.07) is 5.16. The van der Waals surface area contributed by atoms with E-state index >= 15 is 0 Å². The molecule has 1 saturated carbocycles. The maximum atomic E-state index is 12.6. The van der Waals surface area contributed by atoms with E-state index in [2.05, 4.69) is 4.72 Å². The van der Waals surface area contributed by atoms with Gasteiger partial charge in [0.1, 0.15) is 0 Å². The molecule has 1 N–H and O–H groups in total. The molecular formula is C19H28N2O3S. The summed E-state index contributed by atoms with van der Waals surface area (Å²) in [4.78, 5) is 13.9. The normalized spacial score (nSPS) is 19.1. The van der Waals surface area contributed by atoms with Crippen LogP contribution in [0.4, 0.5) is 5.69 Å². The molecule has 1 heterocycles. The van der Waals surface area contributed by atoms with E-state index in [0.29, 0.717) is 30.0 Å². The molecule has 0 spiro atoms. The Kier molecular flexibility index (Phi) is 5.79. The number of amides is 1. The number of nitrogens with zero attached hydrogens (tertiary/aromatic N) is 1. The Morgan fingerprint density at radius 2 is 1.96 bits per heavy atom. The predicted molar refractivity (Wildman–Crippen MR) is 99.1 cm³/mol. The molecular weight excluding hydrogens is 336 g/mol. The molecule has 0 aromatic heterocycles. The Morgan fingerprint density at radius 1 is 1.20 bits per heavy atom. The molecule has 0 bridgehead atoms. The van der Waals surface area contributed by atoms with Crippen molar-refractivity contribution in [2.45, 2.75) is 63.2 Å². The first kappa shape index (κ1) is 18.4. The molecule has 1 aromatic rings. The summed E-state index contributed by atoms with van der Waals surface area (Å²) < 4.78 is 27.8. The predicted octanol–water partition coefficient (Wildman–Crippen LogP) is 3.37. The Labute approximate surface area is 150 Å². The van der Waals surface area contributed by atoms with Gasteiger partial charge in [-0.3, -0.25) is 4.79 Å². The Hall–Kier alpha value is -1.40. The average molecular weight is 365 g/mol. The minimum Gasteiger partial charge on any atom is -0.312 e. The van der Waals surface area contributed by atoms with E-state index in [-0.39, 0.29) is 5.91 Å². The molecule has 3 rings (SSSR count). The van der Waals surface area contributed by atoms with Crippen LogP contribution < -0.4 is 9.62 Å². The number of nitrogens with one attached hydrogen (secondary N) is 1. The third-order valence-electron chi connectivity index (χ3n) is 5.39. The Bertz CT molecular complexity index is 724. The van der Waals surface area contributed by atoms with Gasteiger partial charge in [0, 0.05) is 25.2 Å². The van der Waals surface area contributed by atoms with E-state index in [1.165, 1.54) is 25.7 Å². The zero-order valence-electron chi connectivity index (χ0n) is 15.0. The van der Waals surface area contributed by atoms with Gasteiger partial charge in [-0.2, -0.15) is 0 Å². The number of anilines is 1. The lowest BCUT2D eigenvalue weighted by atomic mass is 10.0. The van der Waals surface area contributed by atoms with Gasteiger partial charge in [0.05, 0.1) is 4.90 Å². The van der Waals surface area contributed by atoms with Gasteiger partial charge in [0.25, 0.3) is 0 Å². The molecule has 0 radical (unpaired) electrons. The summed E-state index contributed by atoms with van der Waals surface area (Å²) in [7, 11) is -3.49. The van der Waals surface area contributed by atoms with Crippen LogP contribution in [0.1, 0.15) is 56.9 Å². The summed E-state index contributed by atoms with van der Waals surface area (Å²) in [5.74, 6) is 0.892. The number of benzene rings is 1. The summed E-state index contributed by atoms with van der Waals surface area (Å²) in [5, 5.41) is 0. The van der Waals surface area contributed by atoms with E-state index in [1.54, 1.807) is 30.0 Å². The second-order valence-electron chi connectivity index (χ2n) is 7.29. The SMILES string of the molecule is Cc1cc(N2CCCC2=O)ccc1S(=O)(=O)NCCCC1CCCC1. The fraction of sp³-hybridized carbons (Fsp3) is 0.632. The fourth-order valence-electron chi connectivity index (χ4n) is 4.00. The number of hydrogen-bond donors (Lipinski definition) is 1. The van der Waals surface area contributed by atoms with E-state index in [0.717, 1.165) is 30.9 Å². The van der Waals surface area contributed by atoms with Crippen molar-refractivity contribution in [3.05, 3.63) is 23.8 Å². The van der Waals surface area contributed by atoms with Crippen LogP contribution in [0.5, 0.6) is 0 Å². The number of hydrogen-bond acceptors (Lipinski definition) is 3. The van der Waals surface area contributed by atoms with Crippen LogP contribution in [-0.2, 0) is 14.8 Å². The molecule has 1 aliphatic carbocycles. The zero-order chi connectivity index (χ0) is 17.9. The lowest BCUT2D eigenvalue weighted by Gasteiger charge is -2.18. The number of sulfonamides is 1. The molecule has 6 heteroatoms. The minimum absolute atomic E-state index is 0.111. The van der Waals surface area contributed by atoms with Gasteiger partial charge in [-0.25, -0.2) is 13.1 Å². The number of aryl methyl sites for hydroxylation is 1. The van der Waals surface area contributed by atoms with Crippen molar-refractivity contribution in [1.29, 1.82) is 0 Å². The molecule has 2 fully saturated rings. The van der Waals surface area contributed by atoms with E-state index in [4.69, 9.17) is 0 Å². The molecule has 1 saturated heterocycles. The van der Waals surface area contributed by atoms with Crippen molar-refractivity contribution >= 4 is 21.6 Å². The summed E-state index contributed by atoms with van der Waals surface area (Å²) in [6.07, 6.45) is 8.66. The van der Waals surface area contributed by atoms with Crippen LogP contribution in [-0.4, -0.2) is 27.4 Å². The van der Waals surface area contributed by atoms with Gasteiger partial charge in [-0.05, 0) is 55.9 Å². The molecule has 0 unspecified atom stereocenters. The third kappa shape index (κ3) is 4.42. The lowest BCUT2D eigenvalue weighted by molar-refractivity contribution is -0.117. The van der Waals surface area contributed by atoms with E-state index in [1.807, 2.05) is 0 Å². The van der Waals surface area contributed by atoms with Crippen LogP contribution in [0.25, 0.3) is 0 Å². The van der Waals surface area contributed by atoms with Crippen molar-refractivity contribution in [1.82, 2.24) is 4.72 Å². The molecule has 1 aliphatic heterocycles. The van der Waals surface area contributed by atoms with Crippen molar-refractivity contribution < 1.29 is 13.2 Å². The minimum atomic E-state index is -3.49. The third-order valence-corrected chi connectivity index (χ3v) is 7.01. The number of rotatable bonds is 7. The molecule has 2 aliphatic rings. The van der Waals surface area contributed by atoms with Crippen LogP contribution in [0.3, 0.4) is 0 Å². The first-order valence-corrected chi connectivity index (χ1v) is 10.9. The van der Waals surface area contributed by atoms with Crippen molar-refractivity contribution in [3.63, 3.8) is 0 Å². The smallest absolute Gasteiger partial charge is 0.240 e. The van der Waals surface area contributed by atoms with Crippen molar-refractivity contribution in [3.8, 4) is 0 Å². The van der Waals surface area contributed by atoms with E-state index < -0.39 is 10.0 Å². The van der Waals surface area contributed by atoms with Crippen LogP contribution >= 0.6 is 0 Å². The maximum Gasteiger partial charge on any atom is 0.240 e. The lowest BCUT2D eigenvalue weighted by Crippen LogP contribution is -2.27. The molecule has 5 nitrogen and oxygen atoms in total. The van der Waals surface area contributed by atoms with Gasteiger partial charge in [0.15, 0.2) is 0 Å². The summed E-state index contributed by atoms with van der Waals surface area (Å²) in [5.41, 5.74) is 1.47. The Balaban J connectivity index is 1.60. The second-order valence-corrected chi connectivity index (χ2v) is 9.02. The number of carbonyl (C=O) groups is 1. The molecule has 1 aromatic carbocycles. The zero-order valence-corrected chi connectivity index (χ0v) is 15.8. The van der Waals surface area contributed by atoms with Gasteiger partial charge in [-0.15, -0.1) is 0 Å². The highest BCUT2D eigenvalue weighted by Gasteiger charge is 2.24. The molecule has 138 valence electrons. The van der Waals surface area contributed by atoms with Gasteiger partial charge < -0.3 is 4.90 Å². The number of carbonyl (C=O) groups excluding carboxylic acids is 1. The second kappa shape index (κ2) is 7.87. The highest BCUT2D eigenvalue weighted by atomic mass is 32.2. The van der Waals surface area contributed by atoms with E-state index in [9.17, 15) is 13.2 Å². The highest BCUT2D eigenvalue weighted by molar-refractivity contribution is 7.89. The first-order chi connectivity index (χ1) is 12.0. The monoisotopic (exact) mass is 364 g/mol. The largest absolute Gasteiger partial charge is 0.312 e. The summed E-state index contributed by atoms with van der Waals surface area (Å²) in [6.45, 7) is 2.99. The topological polar surface area (TPSA) is 66.5 Å². The average Bonchev–Trinajstić information content (AvgIpc) is 3.22. The summed E-state index contributed by atoms with van der Waals surface area (Å²) >= 11 is 0. The highest BCUT2D eigenvalue weighted by Crippen LogP contribution is 2.29. The quantitative estimate of drug-likeness (QED) is 0.754. The molecule has 25 heavy (non-hydrogen) atoms. The fourth-order valence-corrected chi connectivity index (χ4v) is 5.30.